The van der Waals surface area contributed by atoms with Crippen molar-refractivity contribution in [2.45, 2.75) is 0 Å². The van der Waals surface area contributed by atoms with Gasteiger partial charge in [-0.25, -0.2) is 9.38 Å². The first kappa shape index (κ1) is 14.6. The minimum absolute atomic E-state index is 0.270. The maximum absolute atomic E-state index is 13.8. The number of methoxy groups -OCH3 is 1. The first-order valence-electron chi connectivity index (χ1n) is 6.70. The van der Waals surface area contributed by atoms with Gasteiger partial charge in [-0.3, -0.25) is 5.43 Å². The molecule has 0 bridgehead atoms. The summed E-state index contributed by atoms with van der Waals surface area (Å²) in [7, 11) is 1.61. The van der Waals surface area contributed by atoms with Gasteiger partial charge in [-0.15, -0.1) is 0 Å². The summed E-state index contributed by atoms with van der Waals surface area (Å²) in [6.07, 6.45) is 0. The van der Waals surface area contributed by atoms with Crippen LogP contribution in [0.15, 0.2) is 58.6 Å². The zero-order valence-electron chi connectivity index (χ0n) is 11.9. The highest BCUT2D eigenvalue weighted by Gasteiger charge is 2.16. The van der Waals surface area contributed by atoms with Crippen molar-refractivity contribution in [2.75, 3.05) is 12.9 Å². The van der Waals surface area contributed by atoms with Gasteiger partial charge in [-0.1, -0.05) is 42.1 Å². The van der Waals surface area contributed by atoms with Crippen molar-refractivity contribution in [3.05, 3.63) is 59.9 Å². The van der Waals surface area contributed by atoms with Crippen LogP contribution in [0.4, 0.5) is 10.1 Å². The van der Waals surface area contributed by atoms with Crippen molar-refractivity contribution in [1.82, 2.24) is 5.43 Å². The van der Waals surface area contributed by atoms with Crippen LogP contribution in [-0.2, 0) is 0 Å². The van der Waals surface area contributed by atoms with Gasteiger partial charge in [0.15, 0.2) is 5.17 Å². The SMILES string of the molecule is COc1ccccc1N=C1NN=C(c2ccccc2F)CS1. The van der Waals surface area contributed by atoms with E-state index in [1.165, 1.54) is 17.8 Å². The Kier molecular flexibility index (Phi) is 4.39. The van der Waals surface area contributed by atoms with Gasteiger partial charge in [0.1, 0.15) is 17.3 Å². The van der Waals surface area contributed by atoms with Gasteiger partial charge in [0, 0.05) is 11.3 Å². The average molecular weight is 315 g/mol. The molecule has 2 aromatic carbocycles. The lowest BCUT2D eigenvalue weighted by Gasteiger charge is -2.15. The highest BCUT2D eigenvalue weighted by Crippen LogP contribution is 2.28. The van der Waals surface area contributed by atoms with Crippen molar-refractivity contribution in [3.63, 3.8) is 0 Å². The molecule has 0 aliphatic carbocycles. The van der Waals surface area contributed by atoms with E-state index in [1.54, 1.807) is 25.3 Å². The van der Waals surface area contributed by atoms with Gasteiger partial charge in [0.2, 0.25) is 0 Å². The third kappa shape index (κ3) is 3.12. The Balaban J connectivity index is 1.81. The van der Waals surface area contributed by atoms with E-state index in [1.807, 2.05) is 24.3 Å². The van der Waals surface area contributed by atoms with Crippen LogP contribution >= 0.6 is 11.8 Å². The number of hydrogen-bond acceptors (Lipinski definition) is 4. The van der Waals surface area contributed by atoms with Gasteiger partial charge < -0.3 is 4.74 Å². The number of hydrogen-bond donors (Lipinski definition) is 1. The van der Waals surface area contributed by atoms with Gasteiger partial charge in [0.05, 0.1) is 12.8 Å². The fourth-order valence-electron chi connectivity index (χ4n) is 2.04. The third-order valence-electron chi connectivity index (χ3n) is 3.12. The molecule has 0 atom stereocenters. The lowest BCUT2D eigenvalue weighted by molar-refractivity contribution is 0.416. The molecule has 112 valence electrons. The van der Waals surface area contributed by atoms with Crippen LogP contribution in [0.2, 0.25) is 0 Å². The molecule has 1 aliphatic rings. The fraction of sp³-hybridized carbons (Fsp3) is 0.125. The fourth-order valence-corrected chi connectivity index (χ4v) is 2.81. The molecule has 22 heavy (non-hydrogen) atoms. The largest absolute Gasteiger partial charge is 0.494 e. The van der Waals surface area contributed by atoms with E-state index >= 15 is 0 Å². The van der Waals surface area contributed by atoms with E-state index in [-0.39, 0.29) is 5.82 Å². The molecule has 0 saturated carbocycles. The van der Waals surface area contributed by atoms with Gasteiger partial charge in [0.25, 0.3) is 0 Å². The summed E-state index contributed by atoms with van der Waals surface area (Å²) in [6.45, 7) is 0. The van der Waals surface area contributed by atoms with Crippen molar-refractivity contribution >= 4 is 28.3 Å². The molecular formula is C16H14FN3OS. The third-order valence-corrected chi connectivity index (χ3v) is 4.00. The zero-order chi connectivity index (χ0) is 15.4. The molecule has 0 saturated heterocycles. The molecular weight excluding hydrogens is 301 g/mol. The second-order valence-electron chi connectivity index (χ2n) is 4.53. The lowest BCUT2D eigenvalue weighted by atomic mass is 10.1. The monoisotopic (exact) mass is 315 g/mol. The number of nitrogens with zero attached hydrogens (tertiary/aromatic N) is 2. The van der Waals surface area contributed by atoms with E-state index < -0.39 is 0 Å². The topological polar surface area (TPSA) is 46.0 Å². The minimum Gasteiger partial charge on any atom is -0.494 e. The Hall–Kier alpha value is -2.34. The maximum atomic E-state index is 13.8. The second kappa shape index (κ2) is 6.62. The molecule has 0 aromatic heterocycles. The summed E-state index contributed by atoms with van der Waals surface area (Å²) in [5.74, 6) is 0.983. The number of hydrazone groups is 1. The van der Waals surface area contributed by atoms with E-state index in [2.05, 4.69) is 15.5 Å². The Bertz CT molecular complexity index is 746. The molecule has 0 amide bonds. The first-order valence-corrected chi connectivity index (χ1v) is 7.68. The number of nitrogens with one attached hydrogen (secondary N) is 1. The maximum Gasteiger partial charge on any atom is 0.182 e. The van der Waals surface area contributed by atoms with E-state index in [0.29, 0.717) is 27.9 Å². The normalized spacial score (nSPS) is 16.1. The van der Waals surface area contributed by atoms with Gasteiger partial charge in [-0.2, -0.15) is 5.10 Å². The highest BCUT2D eigenvalue weighted by atomic mass is 32.2. The predicted octanol–water partition coefficient (Wildman–Crippen LogP) is 3.56. The summed E-state index contributed by atoms with van der Waals surface area (Å²) >= 11 is 1.47. The number of para-hydroxylation sites is 2. The predicted molar refractivity (Wildman–Crippen MR) is 88.6 cm³/mol. The van der Waals surface area contributed by atoms with Crippen molar-refractivity contribution in [3.8, 4) is 5.75 Å². The Morgan fingerprint density at radius 1 is 1.18 bits per heavy atom. The molecule has 3 rings (SSSR count). The van der Waals surface area contributed by atoms with Crippen LogP contribution in [0.5, 0.6) is 5.75 Å². The zero-order valence-corrected chi connectivity index (χ0v) is 12.7. The van der Waals surface area contributed by atoms with Crippen LogP contribution < -0.4 is 10.2 Å². The number of amidine groups is 1. The van der Waals surface area contributed by atoms with Gasteiger partial charge in [-0.05, 0) is 18.2 Å². The van der Waals surface area contributed by atoms with E-state index in [4.69, 9.17) is 4.74 Å². The van der Waals surface area contributed by atoms with Crippen LogP contribution in [0.25, 0.3) is 0 Å². The number of aliphatic imine (C=N–C) groups is 1. The number of halogens is 1. The number of benzene rings is 2. The molecule has 1 heterocycles. The quantitative estimate of drug-likeness (QED) is 0.942. The van der Waals surface area contributed by atoms with Crippen LogP contribution in [-0.4, -0.2) is 23.7 Å². The van der Waals surface area contributed by atoms with Crippen LogP contribution in [0, 0.1) is 5.82 Å². The Morgan fingerprint density at radius 3 is 2.68 bits per heavy atom. The Morgan fingerprint density at radius 2 is 1.95 bits per heavy atom. The molecule has 2 aromatic rings. The summed E-state index contributed by atoms with van der Waals surface area (Å²) < 4.78 is 19.0. The van der Waals surface area contributed by atoms with Gasteiger partial charge >= 0.3 is 0 Å². The summed E-state index contributed by atoms with van der Waals surface area (Å²) in [5, 5.41) is 4.88. The highest BCUT2D eigenvalue weighted by molar-refractivity contribution is 8.14. The summed E-state index contributed by atoms with van der Waals surface area (Å²) in [4.78, 5) is 4.48. The first-order chi connectivity index (χ1) is 10.8. The van der Waals surface area contributed by atoms with E-state index in [9.17, 15) is 4.39 Å². The standard InChI is InChI=1S/C16H14FN3OS/c1-21-15-9-5-4-8-13(15)18-16-20-19-14(10-22-16)11-6-2-3-7-12(11)17/h2-9H,10H2,1H3,(H,18,20). The molecule has 0 fully saturated rings. The van der Waals surface area contributed by atoms with Crippen molar-refractivity contribution in [1.29, 1.82) is 0 Å². The van der Waals surface area contributed by atoms with E-state index in [0.717, 1.165) is 5.69 Å². The molecule has 1 N–H and O–H groups in total. The molecule has 4 nitrogen and oxygen atoms in total. The molecule has 1 aliphatic heterocycles. The molecule has 6 heteroatoms. The minimum atomic E-state index is -0.270. The summed E-state index contributed by atoms with van der Waals surface area (Å²) in [5.41, 5.74) is 4.78. The number of ether oxygens (including phenoxy) is 1. The van der Waals surface area contributed by atoms with Crippen molar-refractivity contribution in [2.24, 2.45) is 10.1 Å². The number of rotatable bonds is 3. The Labute approximate surface area is 132 Å². The van der Waals surface area contributed by atoms with Crippen LogP contribution in [0.3, 0.4) is 0 Å². The molecule has 0 unspecified atom stereocenters. The average Bonchev–Trinajstić information content (AvgIpc) is 2.57. The van der Waals surface area contributed by atoms with Crippen molar-refractivity contribution < 1.29 is 9.13 Å². The lowest BCUT2D eigenvalue weighted by Crippen LogP contribution is -2.25. The molecule has 0 spiro atoms. The number of thioether (sulfide) groups is 1. The van der Waals surface area contributed by atoms with Crippen LogP contribution in [0.1, 0.15) is 5.56 Å². The molecule has 0 radical (unpaired) electrons. The second-order valence-corrected chi connectivity index (χ2v) is 5.49. The smallest absolute Gasteiger partial charge is 0.182 e. The summed E-state index contributed by atoms with van der Waals surface area (Å²) in [6, 6.07) is 14.1.